The number of hydrogen-bond acceptors (Lipinski definition) is 3. The smallest absolute Gasteiger partial charge is 0.256 e. The molecule has 5 nitrogen and oxygen atoms in total. The van der Waals surface area contributed by atoms with Crippen molar-refractivity contribution in [2.45, 2.75) is 43.2 Å². The summed E-state index contributed by atoms with van der Waals surface area (Å²) in [6.45, 7) is 2.19. The number of sulfonamides is 1. The minimum Gasteiger partial charge on any atom is -0.256 e. The van der Waals surface area contributed by atoms with Gasteiger partial charge in [0.15, 0.2) is 5.03 Å². The zero-order chi connectivity index (χ0) is 14.1. The molecule has 0 bridgehead atoms. The van der Waals surface area contributed by atoms with Gasteiger partial charge < -0.3 is 0 Å². The molecule has 1 N–H and O–H groups in total. The summed E-state index contributed by atoms with van der Waals surface area (Å²) < 4.78 is 29.0. The number of hydrogen-bond donors (Lipinski definition) is 1. The molecule has 1 heterocycles. The monoisotopic (exact) mass is 305 g/mol. The Kier molecular flexibility index (Phi) is 4.23. The summed E-state index contributed by atoms with van der Waals surface area (Å²) in [4.78, 5) is 0. The summed E-state index contributed by atoms with van der Waals surface area (Å²) in [5.41, 5.74) is -0.517. The van der Waals surface area contributed by atoms with Crippen LogP contribution in [0.25, 0.3) is 0 Å². The molecular formula is C12H20ClN3O2S. The molecule has 0 amide bonds. The van der Waals surface area contributed by atoms with E-state index in [2.05, 4.69) is 16.7 Å². The fourth-order valence-corrected chi connectivity index (χ4v) is 4.54. The lowest BCUT2D eigenvalue weighted by atomic mass is 9.79. The Bertz CT molecular complexity index is 533. The third-order valence-corrected chi connectivity index (χ3v) is 6.05. The van der Waals surface area contributed by atoms with E-state index in [4.69, 9.17) is 11.6 Å². The topological polar surface area (TPSA) is 64.0 Å². The van der Waals surface area contributed by atoms with Crippen LogP contribution in [0.4, 0.5) is 0 Å². The number of aryl methyl sites for hydroxylation is 1. The number of nitrogens with zero attached hydrogens (tertiary/aromatic N) is 2. The van der Waals surface area contributed by atoms with Crippen LogP contribution >= 0.6 is 11.6 Å². The SMILES string of the molecule is CC1CCC(CCl)(NS(=O)(=O)c2ccnn2C)CC1. The molecule has 1 saturated carbocycles. The van der Waals surface area contributed by atoms with Gasteiger partial charge in [-0.15, -0.1) is 11.6 Å². The average molecular weight is 306 g/mol. The van der Waals surface area contributed by atoms with Gasteiger partial charge in [0.1, 0.15) is 0 Å². The van der Waals surface area contributed by atoms with Crippen molar-refractivity contribution in [2.75, 3.05) is 5.88 Å². The van der Waals surface area contributed by atoms with E-state index < -0.39 is 15.6 Å². The van der Waals surface area contributed by atoms with Gasteiger partial charge in [0.05, 0.1) is 6.20 Å². The predicted molar refractivity (Wildman–Crippen MR) is 74.6 cm³/mol. The highest BCUT2D eigenvalue weighted by atomic mass is 35.5. The molecule has 1 fully saturated rings. The van der Waals surface area contributed by atoms with Crippen LogP contribution in [0.3, 0.4) is 0 Å². The first-order chi connectivity index (χ1) is 8.88. The second kappa shape index (κ2) is 5.42. The quantitative estimate of drug-likeness (QED) is 0.864. The van der Waals surface area contributed by atoms with Crippen molar-refractivity contribution in [1.29, 1.82) is 0 Å². The molecule has 1 aliphatic carbocycles. The Morgan fingerprint density at radius 2 is 2.16 bits per heavy atom. The molecule has 0 unspecified atom stereocenters. The molecule has 2 rings (SSSR count). The van der Waals surface area contributed by atoms with Crippen LogP contribution in [-0.2, 0) is 17.1 Å². The molecular weight excluding hydrogens is 286 g/mol. The molecule has 0 saturated heterocycles. The molecule has 7 heteroatoms. The fraction of sp³-hybridized carbons (Fsp3) is 0.750. The summed E-state index contributed by atoms with van der Waals surface area (Å²) in [5, 5.41) is 4.08. The molecule has 0 atom stereocenters. The maximum absolute atomic E-state index is 12.4. The van der Waals surface area contributed by atoms with Gasteiger partial charge in [0, 0.05) is 18.5 Å². The average Bonchev–Trinajstić information content (AvgIpc) is 2.79. The van der Waals surface area contributed by atoms with Crippen molar-refractivity contribution >= 4 is 21.6 Å². The summed E-state index contributed by atoms with van der Waals surface area (Å²) in [5.74, 6) is 0.939. The fourth-order valence-electron chi connectivity index (χ4n) is 2.54. The van der Waals surface area contributed by atoms with E-state index in [1.807, 2.05) is 0 Å². The second-order valence-corrected chi connectivity index (χ2v) is 7.39. The van der Waals surface area contributed by atoms with Crippen LogP contribution in [0.15, 0.2) is 17.3 Å². The summed E-state index contributed by atoms with van der Waals surface area (Å²) in [6.07, 6.45) is 5.05. The molecule has 19 heavy (non-hydrogen) atoms. The van der Waals surface area contributed by atoms with Crippen molar-refractivity contribution in [3.63, 3.8) is 0 Å². The van der Waals surface area contributed by atoms with Gasteiger partial charge in [-0.2, -0.15) is 5.10 Å². The highest BCUT2D eigenvalue weighted by Crippen LogP contribution is 2.34. The van der Waals surface area contributed by atoms with E-state index in [0.717, 1.165) is 25.7 Å². The zero-order valence-electron chi connectivity index (χ0n) is 11.3. The van der Waals surface area contributed by atoms with Gasteiger partial charge in [-0.1, -0.05) is 6.92 Å². The van der Waals surface area contributed by atoms with Crippen molar-refractivity contribution in [3.8, 4) is 0 Å². The molecule has 1 aliphatic rings. The van der Waals surface area contributed by atoms with Crippen LogP contribution in [-0.4, -0.2) is 29.6 Å². The zero-order valence-corrected chi connectivity index (χ0v) is 12.8. The normalized spacial score (nSPS) is 28.5. The van der Waals surface area contributed by atoms with Gasteiger partial charge in [0.25, 0.3) is 10.0 Å². The number of nitrogens with one attached hydrogen (secondary N) is 1. The maximum Gasteiger partial charge on any atom is 0.258 e. The number of halogens is 1. The number of rotatable bonds is 4. The van der Waals surface area contributed by atoms with Crippen LogP contribution in [0, 0.1) is 5.92 Å². The third-order valence-electron chi connectivity index (χ3n) is 3.89. The van der Waals surface area contributed by atoms with E-state index in [0.29, 0.717) is 11.8 Å². The van der Waals surface area contributed by atoms with E-state index in [1.54, 1.807) is 7.05 Å². The third kappa shape index (κ3) is 3.12. The van der Waals surface area contributed by atoms with Crippen LogP contribution in [0.5, 0.6) is 0 Å². The lowest BCUT2D eigenvalue weighted by Gasteiger charge is -2.38. The standard InChI is InChI=1S/C12H20ClN3O2S/c1-10-3-6-12(9-13,7-4-10)15-19(17,18)11-5-8-14-16(11)2/h5,8,10,15H,3-4,6-7,9H2,1-2H3. The Morgan fingerprint density at radius 1 is 1.53 bits per heavy atom. The highest BCUT2D eigenvalue weighted by Gasteiger charge is 2.38. The van der Waals surface area contributed by atoms with Crippen LogP contribution in [0.1, 0.15) is 32.6 Å². The van der Waals surface area contributed by atoms with Gasteiger partial charge in [-0.25, -0.2) is 13.1 Å². The van der Waals surface area contributed by atoms with Crippen molar-refractivity contribution in [1.82, 2.24) is 14.5 Å². The molecule has 0 radical (unpaired) electrons. The predicted octanol–water partition coefficient (Wildman–Crippen LogP) is 1.89. The largest absolute Gasteiger partial charge is 0.258 e. The van der Waals surface area contributed by atoms with E-state index >= 15 is 0 Å². The van der Waals surface area contributed by atoms with E-state index in [-0.39, 0.29) is 5.03 Å². The first kappa shape index (κ1) is 14.8. The van der Waals surface area contributed by atoms with E-state index in [1.165, 1.54) is 16.9 Å². The molecule has 0 aliphatic heterocycles. The summed E-state index contributed by atoms with van der Waals surface area (Å²) in [6, 6.07) is 1.50. The highest BCUT2D eigenvalue weighted by molar-refractivity contribution is 7.89. The Labute approximate surface area is 119 Å². The molecule has 1 aromatic heterocycles. The molecule has 0 spiro atoms. The number of aromatic nitrogens is 2. The van der Waals surface area contributed by atoms with Crippen molar-refractivity contribution in [3.05, 3.63) is 12.3 Å². The summed E-state index contributed by atoms with van der Waals surface area (Å²) in [7, 11) is -1.95. The first-order valence-corrected chi connectivity index (χ1v) is 8.48. The summed E-state index contributed by atoms with van der Waals surface area (Å²) >= 11 is 6.04. The van der Waals surface area contributed by atoms with Crippen LogP contribution in [0.2, 0.25) is 0 Å². The van der Waals surface area contributed by atoms with Crippen molar-refractivity contribution in [2.24, 2.45) is 13.0 Å². The Hall–Kier alpha value is -0.590. The molecule has 0 aromatic carbocycles. The lowest BCUT2D eigenvalue weighted by Crippen LogP contribution is -2.52. The van der Waals surface area contributed by atoms with Gasteiger partial charge in [-0.05, 0) is 37.7 Å². The van der Waals surface area contributed by atoms with Gasteiger partial charge in [-0.3, -0.25) is 4.68 Å². The Morgan fingerprint density at radius 3 is 2.63 bits per heavy atom. The number of alkyl halides is 1. The maximum atomic E-state index is 12.4. The Balaban J connectivity index is 2.21. The minimum atomic E-state index is -3.57. The van der Waals surface area contributed by atoms with Gasteiger partial charge in [0.2, 0.25) is 0 Å². The van der Waals surface area contributed by atoms with Crippen molar-refractivity contribution < 1.29 is 8.42 Å². The second-order valence-electron chi connectivity index (χ2n) is 5.50. The van der Waals surface area contributed by atoms with Crippen LogP contribution < -0.4 is 4.72 Å². The first-order valence-electron chi connectivity index (χ1n) is 6.46. The van der Waals surface area contributed by atoms with E-state index in [9.17, 15) is 8.42 Å². The molecule has 1 aromatic rings. The lowest BCUT2D eigenvalue weighted by molar-refractivity contribution is 0.247. The molecule has 108 valence electrons. The van der Waals surface area contributed by atoms with Gasteiger partial charge >= 0.3 is 0 Å². The minimum absolute atomic E-state index is 0.176.